The molecule has 0 saturated carbocycles. The van der Waals surface area contributed by atoms with E-state index in [2.05, 4.69) is 20.9 Å². The number of carboxylic acids is 2. The maximum Gasteiger partial charge on any atom is 0.328 e. The number of amides is 3. The first-order valence-electron chi connectivity index (χ1n) is 10.7. The molecular weight excluding hydrogens is 462 g/mol. The van der Waals surface area contributed by atoms with Crippen LogP contribution < -0.4 is 21.7 Å². The van der Waals surface area contributed by atoms with Crippen molar-refractivity contribution < 1.29 is 39.3 Å². The molecule has 2 aromatic rings. The number of aromatic amines is 1. The Kier molecular flexibility index (Phi) is 9.31. The molecule has 13 heteroatoms. The van der Waals surface area contributed by atoms with Crippen LogP contribution in [0.15, 0.2) is 30.5 Å². The lowest BCUT2D eigenvalue weighted by molar-refractivity contribution is -0.145. The minimum absolute atomic E-state index is 0.0128. The molecule has 0 spiro atoms. The van der Waals surface area contributed by atoms with Gasteiger partial charge >= 0.3 is 11.9 Å². The van der Waals surface area contributed by atoms with Gasteiger partial charge < -0.3 is 42.0 Å². The van der Waals surface area contributed by atoms with E-state index in [1.165, 1.54) is 13.8 Å². The summed E-state index contributed by atoms with van der Waals surface area (Å²) < 4.78 is 0. The van der Waals surface area contributed by atoms with Gasteiger partial charge in [0.15, 0.2) is 6.04 Å². The van der Waals surface area contributed by atoms with Crippen LogP contribution in [0.25, 0.3) is 10.9 Å². The number of aliphatic hydroxyl groups is 1. The van der Waals surface area contributed by atoms with Crippen LogP contribution in [0.5, 0.6) is 0 Å². The van der Waals surface area contributed by atoms with Crippen LogP contribution >= 0.6 is 0 Å². The molecule has 5 atom stereocenters. The predicted molar refractivity (Wildman–Crippen MR) is 123 cm³/mol. The highest BCUT2D eigenvalue weighted by atomic mass is 16.4. The molecule has 1 aromatic carbocycles. The van der Waals surface area contributed by atoms with Crippen LogP contribution in [-0.4, -0.2) is 80.2 Å². The lowest BCUT2D eigenvalue weighted by atomic mass is 10.0. The Morgan fingerprint density at radius 1 is 0.971 bits per heavy atom. The van der Waals surface area contributed by atoms with Crippen molar-refractivity contribution in [1.29, 1.82) is 0 Å². The number of aliphatic hydroxyl groups excluding tert-OH is 1. The fourth-order valence-corrected chi connectivity index (χ4v) is 3.34. The zero-order chi connectivity index (χ0) is 26.3. The topological polar surface area (TPSA) is 224 Å². The summed E-state index contributed by atoms with van der Waals surface area (Å²) in [5.74, 6) is -5.26. The van der Waals surface area contributed by atoms with Gasteiger partial charge in [-0.05, 0) is 25.5 Å². The summed E-state index contributed by atoms with van der Waals surface area (Å²) in [5, 5.41) is 35.3. The number of rotatable bonds is 12. The molecule has 190 valence electrons. The second-order valence-electron chi connectivity index (χ2n) is 8.12. The van der Waals surface area contributed by atoms with E-state index in [4.69, 9.17) is 15.9 Å². The van der Waals surface area contributed by atoms with E-state index in [9.17, 15) is 29.1 Å². The van der Waals surface area contributed by atoms with Crippen molar-refractivity contribution in [3.63, 3.8) is 0 Å². The average molecular weight is 492 g/mol. The van der Waals surface area contributed by atoms with Crippen molar-refractivity contribution in [2.45, 2.75) is 57.0 Å². The summed E-state index contributed by atoms with van der Waals surface area (Å²) >= 11 is 0. The van der Waals surface area contributed by atoms with E-state index >= 15 is 0 Å². The highest BCUT2D eigenvalue weighted by Gasteiger charge is 2.30. The molecule has 9 N–H and O–H groups in total. The van der Waals surface area contributed by atoms with E-state index in [1.54, 1.807) is 12.3 Å². The van der Waals surface area contributed by atoms with Crippen molar-refractivity contribution in [2.75, 3.05) is 0 Å². The van der Waals surface area contributed by atoms with E-state index in [0.29, 0.717) is 5.56 Å². The zero-order valence-corrected chi connectivity index (χ0v) is 19.1. The van der Waals surface area contributed by atoms with Gasteiger partial charge in [-0.2, -0.15) is 0 Å². The van der Waals surface area contributed by atoms with Gasteiger partial charge in [0.25, 0.3) is 0 Å². The van der Waals surface area contributed by atoms with Gasteiger partial charge in [-0.3, -0.25) is 19.2 Å². The quantitative estimate of drug-likeness (QED) is 0.172. The largest absolute Gasteiger partial charge is 0.481 e. The molecule has 35 heavy (non-hydrogen) atoms. The molecule has 13 nitrogen and oxygen atoms in total. The van der Waals surface area contributed by atoms with Gasteiger partial charge in [0.1, 0.15) is 12.1 Å². The summed E-state index contributed by atoms with van der Waals surface area (Å²) in [6.45, 7) is 2.49. The third-order valence-corrected chi connectivity index (χ3v) is 5.26. The Hall–Kier alpha value is -3.97. The van der Waals surface area contributed by atoms with Gasteiger partial charge in [-0.15, -0.1) is 0 Å². The third-order valence-electron chi connectivity index (χ3n) is 5.26. The van der Waals surface area contributed by atoms with Crippen molar-refractivity contribution >= 4 is 40.6 Å². The number of carbonyl (C=O) groups excluding carboxylic acids is 3. The lowest BCUT2D eigenvalue weighted by Gasteiger charge is -2.24. The molecule has 2 rings (SSSR count). The van der Waals surface area contributed by atoms with Crippen LogP contribution in [0, 0.1) is 0 Å². The Morgan fingerprint density at radius 2 is 1.63 bits per heavy atom. The van der Waals surface area contributed by atoms with Crippen molar-refractivity contribution in [1.82, 2.24) is 20.9 Å². The first-order valence-corrected chi connectivity index (χ1v) is 10.7. The van der Waals surface area contributed by atoms with Crippen molar-refractivity contribution in [3.05, 3.63) is 36.0 Å². The molecule has 5 unspecified atom stereocenters. The molecule has 0 aliphatic rings. The number of benzene rings is 1. The summed E-state index contributed by atoms with van der Waals surface area (Å²) in [5.41, 5.74) is 7.08. The standard InChI is InChI=1S/C22H29N5O8/c1-10(19(31)27-18(11(2)28)22(34)35)25-21(33)16(26-20(32)14(23)8-17(29)30)7-12-9-24-15-6-4-3-5-13(12)15/h3-6,9-11,14,16,18,24,28H,7-8,23H2,1-2H3,(H,25,33)(H,26,32)(H,27,31)(H,29,30)(H,34,35). The van der Waals surface area contributed by atoms with Gasteiger partial charge in [0.2, 0.25) is 17.7 Å². The summed E-state index contributed by atoms with van der Waals surface area (Å²) in [4.78, 5) is 63.0. The van der Waals surface area contributed by atoms with Gasteiger partial charge in [-0.25, -0.2) is 4.79 Å². The first kappa shape index (κ1) is 27.3. The molecule has 0 radical (unpaired) electrons. The van der Waals surface area contributed by atoms with Gasteiger partial charge in [-0.1, -0.05) is 18.2 Å². The zero-order valence-electron chi connectivity index (χ0n) is 19.1. The predicted octanol–water partition coefficient (Wildman–Crippen LogP) is -1.55. The molecular formula is C22H29N5O8. The highest BCUT2D eigenvalue weighted by molar-refractivity contribution is 5.95. The van der Waals surface area contributed by atoms with E-state index < -0.39 is 66.4 Å². The lowest BCUT2D eigenvalue weighted by Crippen LogP contribution is -2.58. The smallest absolute Gasteiger partial charge is 0.328 e. The van der Waals surface area contributed by atoms with E-state index in [-0.39, 0.29) is 6.42 Å². The minimum Gasteiger partial charge on any atom is -0.481 e. The van der Waals surface area contributed by atoms with Crippen molar-refractivity contribution in [2.24, 2.45) is 5.73 Å². The number of carbonyl (C=O) groups is 5. The van der Waals surface area contributed by atoms with E-state index in [1.807, 2.05) is 18.2 Å². The molecule has 1 heterocycles. The van der Waals surface area contributed by atoms with Crippen LogP contribution in [0.1, 0.15) is 25.8 Å². The number of carboxylic acid groups (broad SMARTS) is 2. The monoisotopic (exact) mass is 491 g/mol. The molecule has 3 amide bonds. The Bertz CT molecular complexity index is 1100. The SMILES string of the molecule is CC(NC(=O)C(Cc1c[nH]c2ccccc12)NC(=O)C(N)CC(=O)O)C(=O)NC(C(=O)O)C(C)O. The molecule has 0 fully saturated rings. The fourth-order valence-electron chi connectivity index (χ4n) is 3.34. The number of para-hydroxylation sites is 1. The van der Waals surface area contributed by atoms with Crippen LogP contribution in [-0.2, 0) is 30.4 Å². The number of H-pyrrole nitrogens is 1. The Morgan fingerprint density at radius 3 is 2.23 bits per heavy atom. The van der Waals surface area contributed by atoms with Crippen LogP contribution in [0.4, 0.5) is 0 Å². The maximum absolute atomic E-state index is 13.0. The second-order valence-corrected chi connectivity index (χ2v) is 8.12. The number of nitrogens with one attached hydrogen (secondary N) is 4. The summed E-state index contributed by atoms with van der Waals surface area (Å²) in [6, 6.07) is 1.80. The number of hydrogen-bond donors (Lipinski definition) is 8. The normalized spacial score (nSPS) is 15.3. The Balaban J connectivity index is 2.20. The molecule has 0 bridgehead atoms. The fraction of sp³-hybridized carbons (Fsp3) is 0.409. The highest BCUT2D eigenvalue weighted by Crippen LogP contribution is 2.19. The number of aromatic nitrogens is 1. The average Bonchev–Trinajstić information content (AvgIpc) is 3.18. The maximum atomic E-state index is 13.0. The third kappa shape index (κ3) is 7.52. The van der Waals surface area contributed by atoms with Crippen molar-refractivity contribution in [3.8, 4) is 0 Å². The minimum atomic E-state index is -1.59. The van der Waals surface area contributed by atoms with Gasteiger partial charge in [0.05, 0.1) is 18.6 Å². The molecule has 0 aliphatic heterocycles. The molecule has 0 aliphatic carbocycles. The summed E-state index contributed by atoms with van der Waals surface area (Å²) in [6.07, 6.45) is -0.392. The van der Waals surface area contributed by atoms with Gasteiger partial charge in [0, 0.05) is 23.5 Å². The second kappa shape index (κ2) is 11.9. The van der Waals surface area contributed by atoms with Crippen LogP contribution in [0.2, 0.25) is 0 Å². The number of hydrogen-bond acceptors (Lipinski definition) is 7. The molecule has 1 aromatic heterocycles. The number of nitrogens with two attached hydrogens (primary N) is 1. The number of aliphatic carboxylic acids is 2. The van der Waals surface area contributed by atoms with E-state index in [0.717, 1.165) is 10.9 Å². The Labute approximate surface area is 200 Å². The molecule has 0 saturated heterocycles. The first-order chi connectivity index (χ1) is 16.4. The summed E-state index contributed by atoms with van der Waals surface area (Å²) in [7, 11) is 0. The van der Waals surface area contributed by atoms with Crippen LogP contribution in [0.3, 0.4) is 0 Å². The number of fused-ring (bicyclic) bond motifs is 1.